The van der Waals surface area contributed by atoms with E-state index in [2.05, 4.69) is 15.6 Å². The number of fused-ring (bicyclic) bond motifs is 1. The fourth-order valence-electron chi connectivity index (χ4n) is 3.43. The maximum atomic E-state index is 12.0. The van der Waals surface area contributed by atoms with Gasteiger partial charge in [0, 0.05) is 23.6 Å². The number of aryl methyl sites for hydroxylation is 1. The molecule has 0 aliphatic rings. The summed E-state index contributed by atoms with van der Waals surface area (Å²) in [6.45, 7) is 3.37. The van der Waals surface area contributed by atoms with Crippen LogP contribution in [0.4, 0.5) is 5.69 Å². The number of aromatic nitrogens is 2. The van der Waals surface area contributed by atoms with Gasteiger partial charge in [-0.1, -0.05) is 36.4 Å². The first-order valence-corrected chi connectivity index (χ1v) is 8.92. The number of benzene rings is 3. The molecule has 144 valence electrons. The van der Waals surface area contributed by atoms with Crippen molar-refractivity contribution >= 4 is 28.6 Å². The predicted octanol–water partition coefficient (Wildman–Crippen LogP) is 4.52. The van der Waals surface area contributed by atoms with E-state index in [1.54, 1.807) is 18.2 Å². The van der Waals surface area contributed by atoms with Gasteiger partial charge in [0.1, 0.15) is 11.0 Å². The zero-order valence-electron chi connectivity index (χ0n) is 15.8. The van der Waals surface area contributed by atoms with Crippen molar-refractivity contribution in [2.75, 3.05) is 5.32 Å². The number of hydrogen-bond donors (Lipinski definition) is 2. The van der Waals surface area contributed by atoms with Crippen LogP contribution in [0.25, 0.3) is 33.3 Å². The lowest BCUT2D eigenvalue weighted by atomic mass is 9.91. The van der Waals surface area contributed by atoms with Crippen molar-refractivity contribution < 1.29 is 19.3 Å². The number of carboxylic acid groups (broad SMARTS) is 1. The number of nitrogens with zero attached hydrogens (tertiary/aromatic N) is 2. The van der Waals surface area contributed by atoms with Crippen LogP contribution in [0.15, 0.2) is 59.2 Å². The molecule has 1 aromatic heterocycles. The number of rotatable bonds is 4. The van der Waals surface area contributed by atoms with Gasteiger partial charge in [0.25, 0.3) is 0 Å². The maximum Gasteiger partial charge on any atom is 0.335 e. The molecule has 0 spiro atoms. The van der Waals surface area contributed by atoms with Gasteiger partial charge in [-0.2, -0.15) is 0 Å². The van der Waals surface area contributed by atoms with E-state index in [0.717, 1.165) is 16.7 Å². The van der Waals surface area contributed by atoms with Gasteiger partial charge in [0.15, 0.2) is 0 Å². The van der Waals surface area contributed by atoms with Crippen molar-refractivity contribution in [1.29, 1.82) is 0 Å². The van der Waals surface area contributed by atoms with E-state index in [0.29, 0.717) is 27.8 Å². The quantitative estimate of drug-likeness (QED) is 0.533. The lowest BCUT2D eigenvalue weighted by molar-refractivity contribution is -0.114. The van der Waals surface area contributed by atoms with Crippen LogP contribution in [0.2, 0.25) is 0 Å². The van der Waals surface area contributed by atoms with Crippen molar-refractivity contribution in [3.05, 3.63) is 65.7 Å². The van der Waals surface area contributed by atoms with Crippen LogP contribution in [0.5, 0.6) is 0 Å². The summed E-state index contributed by atoms with van der Waals surface area (Å²) in [5, 5.41) is 20.2. The number of carbonyl (C=O) groups is 2. The maximum absolute atomic E-state index is 12.0. The van der Waals surface area contributed by atoms with E-state index in [-0.39, 0.29) is 11.5 Å². The summed E-state index contributed by atoms with van der Waals surface area (Å²) in [4.78, 5) is 23.4. The first-order chi connectivity index (χ1) is 14.0. The monoisotopic (exact) mass is 387 g/mol. The normalized spacial score (nSPS) is 10.8. The summed E-state index contributed by atoms with van der Waals surface area (Å²) in [6, 6.07) is 15.9. The van der Waals surface area contributed by atoms with Gasteiger partial charge in [0.05, 0.1) is 11.3 Å². The topological polar surface area (TPSA) is 105 Å². The number of aromatic carboxylic acids is 1. The fourth-order valence-corrected chi connectivity index (χ4v) is 3.43. The van der Waals surface area contributed by atoms with Gasteiger partial charge >= 0.3 is 5.97 Å². The Morgan fingerprint density at radius 2 is 1.79 bits per heavy atom. The van der Waals surface area contributed by atoms with Gasteiger partial charge in [0.2, 0.25) is 5.91 Å². The molecule has 29 heavy (non-hydrogen) atoms. The van der Waals surface area contributed by atoms with Crippen LogP contribution >= 0.6 is 0 Å². The Morgan fingerprint density at radius 3 is 2.55 bits per heavy atom. The summed E-state index contributed by atoms with van der Waals surface area (Å²) in [5.74, 6) is -1.25. The minimum atomic E-state index is -1.02. The van der Waals surface area contributed by atoms with Crippen molar-refractivity contribution in [1.82, 2.24) is 10.3 Å². The fraction of sp³-hybridized carbons (Fsp3) is 0.0909. The van der Waals surface area contributed by atoms with Crippen molar-refractivity contribution in [3.63, 3.8) is 0 Å². The summed E-state index contributed by atoms with van der Waals surface area (Å²) in [7, 11) is 0. The molecule has 0 unspecified atom stereocenters. The van der Waals surface area contributed by atoms with Gasteiger partial charge < -0.3 is 10.4 Å². The number of amides is 1. The highest BCUT2D eigenvalue weighted by atomic mass is 16.6. The summed E-state index contributed by atoms with van der Waals surface area (Å²) in [5.41, 5.74) is 5.78. The van der Waals surface area contributed by atoms with Crippen LogP contribution in [0, 0.1) is 6.92 Å². The Balaban J connectivity index is 2.03. The third-order valence-corrected chi connectivity index (χ3v) is 4.69. The molecule has 4 aromatic rings. The number of hydrogen-bond acceptors (Lipinski definition) is 5. The Hall–Kier alpha value is -4.00. The second kappa shape index (κ2) is 7.20. The first-order valence-electron chi connectivity index (χ1n) is 8.92. The second-order valence-corrected chi connectivity index (χ2v) is 6.68. The molecular weight excluding hydrogens is 370 g/mol. The molecule has 0 radical (unpaired) electrons. The Labute approximate surface area is 165 Å². The largest absolute Gasteiger partial charge is 0.478 e. The molecule has 0 bridgehead atoms. The van der Waals surface area contributed by atoms with Crippen molar-refractivity contribution in [2.24, 2.45) is 0 Å². The van der Waals surface area contributed by atoms with E-state index < -0.39 is 5.97 Å². The van der Waals surface area contributed by atoms with E-state index in [9.17, 15) is 14.7 Å². The van der Waals surface area contributed by atoms with Crippen LogP contribution in [-0.2, 0) is 4.79 Å². The Kier molecular flexibility index (Phi) is 4.56. The summed E-state index contributed by atoms with van der Waals surface area (Å²) < 4.78 is 4.89. The molecule has 3 aromatic carbocycles. The standard InChI is InChI=1S/C22H17N3O4/c1-12-9-10-16(14-5-3-6-15(11-14)22(27)28)21(23-13(2)26)19(12)17-7-4-8-18-20(17)25-29-24-18/h3-11H,1-2H3,(H,23,26)(H,27,28). The molecule has 0 fully saturated rings. The molecule has 0 atom stereocenters. The van der Waals surface area contributed by atoms with Gasteiger partial charge in [-0.3, -0.25) is 4.79 Å². The molecule has 1 heterocycles. The molecule has 0 saturated heterocycles. The molecule has 7 heteroatoms. The van der Waals surface area contributed by atoms with E-state index in [4.69, 9.17) is 4.63 Å². The molecule has 2 N–H and O–H groups in total. The highest BCUT2D eigenvalue weighted by molar-refractivity contribution is 6.05. The predicted molar refractivity (Wildman–Crippen MR) is 109 cm³/mol. The zero-order chi connectivity index (χ0) is 20.5. The molecular formula is C22H17N3O4. The smallest absolute Gasteiger partial charge is 0.335 e. The molecule has 0 aliphatic heterocycles. The molecule has 0 saturated carbocycles. The van der Waals surface area contributed by atoms with Gasteiger partial charge in [-0.15, -0.1) is 0 Å². The average molecular weight is 387 g/mol. The number of nitrogens with one attached hydrogen (secondary N) is 1. The van der Waals surface area contributed by atoms with Crippen molar-refractivity contribution in [2.45, 2.75) is 13.8 Å². The van der Waals surface area contributed by atoms with Crippen LogP contribution in [-0.4, -0.2) is 27.3 Å². The van der Waals surface area contributed by atoms with Gasteiger partial charge in [-0.25, -0.2) is 9.42 Å². The molecule has 7 nitrogen and oxygen atoms in total. The molecule has 1 amide bonds. The summed E-state index contributed by atoms with van der Waals surface area (Å²) in [6.07, 6.45) is 0. The Bertz CT molecular complexity index is 1260. The van der Waals surface area contributed by atoms with E-state index in [1.165, 1.54) is 13.0 Å². The van der Waals surface area contributed by atoms with Crippen LogP contribution < -0.4 is 5.32 Å². The highest BCUT2D eigenvalue weighted by Gasteiger charge is 2.19. The highest BCUT2D eigenvalue weighted by Crippen LogP contribution is 2.41. The lowest BCUT2D eigenvalue weighted by Gasteiger charge is -2.18. The minimum Gasteiger partial charge on any atom is -0.478 e. The average Bonchev–Trinajstić information content (AvgIpc) is 3.17. The van der Waals surface area contributed by atoms with Crippen LogP contribution in [0.1, 0.15) is 22.8 Å². The van der Waals surface area contributed by atoms with Crippen LogP contribution in [0.3, 0.4) is 0 Å². The number of carbonyl (C=O) groups excluding carboxylic acids is 1. The van der Waals surface area contributed by atoms with E-state index in [1.807, 2.05) is 37.3 Å². The zero-order valence-corrected chi connectivity index (χ0v) is 15.8. The third kappa shape index (κ3) is 3.34. The third-order valence-electron chi connectivity index (χ3n) is 4.69. The molecule has 0 aliphatic carbocycles. The van der Waals surface area contributed by atoms with Gasteiger partial charge in [-0.05, 0) is 46.6 Å². The minimum absolute atomic E-state index is 0.168. The second-order valence-electron chi connectivity index (χ2n) is 6.68. The number of carboxylic acids is 1. The van der Waals surface area contributed by atoms with E-state index >= 15 is 0 Å². The number of anilines is 1. The van der Waals surface area contributed by atoms with Crippen molar-refractivity contribution in [3.8, 4) is 22.3 Å². The SMILES string of the molecule is CC(=O)Nc1c(-c2cccc(C(=O)O)c2)ccc(C)c1-c1cccc2nonc12. The molecule has 4 rings (SSSR count). The summed E-state index contributed by atoms with van der Waals surface area (Å²) >= 11 is 0. The lowest BCUT2D eigenvalue weighted by Crippen LogP contribution is -2.09. The first kappa shape index (κ1) is 18.4. The Morgan fingerprint density at radius 1 is 1.00 bits per heavy atom.